The summed E-state index contributed by atoms with van der Waals surface area (Å²) in [7, 11) is 0. The highest BCUT2D eigenvalue weighted by Crippen LogP contribution is 2.42. The molecule has 2 aromatic rings. The predicted octanol–water partition coefficient (Wildman–Crippen LogP) is 3.28. The van der Waals surface area contributed by atoms with Crippen molar-refractivity contribution in [3.63, 3.8) is 0 Å². The Morgan fingerprint density at radius 1 is 1.10 bits per heavy atom. The van der Waals surface area contributed by atoms with Crippen LogP contribution in [0.25, 0.3) is 0 Å². The van der Waals surface area contributed by atoms with Crippen LogP contribution in [0.15, 0.2) is 35.7 Å². The molecule has 3 rings (SSSR count). The molecule has 3 nitrogen and oxygen atoms in total. The van der Waals surface area contributed by atoms with E-state index in [-0.39, 0.29) is 23.7 Å². The molecule has 0 bridgehead atoms. The summed E-state index contributed by atoms with van der Waals surface area (Å²) in [6.07, 6.45) is 0.367. The van der Waals surface area contributed by atoms with E-state index in [4.69, 9.17) is 0 Å². The van der Waals surface area contributed by atoms with E-state index < -0.39 is 0 Å². The van der Waals surface area contributed by atoms with Crippen molar-refractivity contribution in [1.82, 2.24) is 5.32 Å². The van der Waals surface area contributed by atoms with Gasteiger partial charge in [-0.05, 0) is 42.0 Å². The Labute approximate surface area is 128 Å². The van der Waals surface area contributed by atoms with Gasteiger partial charge in [0.25, 0.3) is 0 Å². The minimum absolute atomic E-state index is 0.0626. The molecule has 2 heterocycles. The Morgan fingerprint density at radius 3 is 2.52 bits per heavy atom. The maximum atomic E-state index is 12.4. The van der Waals surface area contributed by atoms with Crippen molar-refractivity contribution in [2.24, 2.45) is 0 Å². The van der Waals surface area contributed by atoms with Crippen molar-refractivity contribution in [2.75, 3.05) is 0 Å². The van der Waals surface area contributed by atoms with Crippen LogP contribution in [0.5, 0.6) is 0 Å². The highest BCUT2D eigenvalue weighted by molar-refractivity contribution is 7.10. The lowest BCUT2D eigenvalue weighted by Gasteiger charge is -2.31. The average molecular weight is 299 g/mol. The van der Waals surface area contributed by atoms with Gasteiger partial charge in [-0.3, -0.25) is 14.9 Å². The Hall–Kier alpha value is -1.94. The molecule has 1 aliphatic heterocycles. The van der Waals surface area contributed by atoms with Crippen LogP contribution in [-0.4, -0.2) is 11.8 Å². The molecule has 0 spiro atoms. The van der Waals surface area contributed by atoms with E-state index in [1.807, 2.05) is 49.6 Å². The van der Waals surface area contributed by atoms with E-state index >= 15 is 0 Å². The molecule has 1 N–H and O–H groups in total. The van der Waals surface area contributed by atoms with Gasteiger partial charge in [0.05, 0.1) is 5.92 Å². The van der Waals surface area contributed by atoms with Crippen molar-refractivity contribution < 1.29 is 9.59 Å². The van der Waals surface area contributed by atoms with Gasteiger partial charge in [0.1, 0.15) is 0 Å². The predicted molar refractivity (Wildman–Crippen MR) is 83.5 cm³/mol. The van der Waals surface area contributed by atoms with Gasteiger partial charge in [0, 0.05) is 17.2 Å². The molecule has 1 aliphatic rings. The van der Waals surface area contributed by atoms with E-state index in [1.165, 1.54) is 0 Å². The molecule has 0 radical (unpaired) electrons. The van der Waals surface area contributed by atoms with Crippen LogP contribution in [0, 0.1) is 13.8 Å². The summed E-state index contributed by atoms with van der Waals surface area (Å²) >= 11 is 1.63. The fourth-order valence-corrected chi connectivity index (χ4v) is 4.14. The Balaban J connectivity index is 2.10. The summed E-state index contributed by atoms with van der Waals surface area (Å²) < 4.78 is 0. The van der Waals surface area contributed by atoms with Crippen LogP contribution in [0.4, 0.5) is 0 Å². The van der Waals surface area contributed by atoms with E-state index in [9.17, 15) is 9.59 Å². The third-order valence-electron chi connectivity index (χ3n) is 4.11. The summed E-state index contributed by atoms with van der Waals surface area (Å²) in [5, 5.41) is 4.52. The summed E-state index contributed by atoms with van der Waals surface area (Å²) in [6, 6.07) is 9.97. The Bertz CT molecular complexity index is 704. The highest BCUT2D eigenvalue weighted by Gasteiger charge is 2.39. The van der Waals surface area contributed by atoms with E-state index in [1.54, 1.807) is 11.3 Å². The van der Waals surface area contributed by atoms with Crippen molar-refractivity contribution in [3.05, 3.63) is 57.3 Å². The number of thiophene rings is 1. The molecule has 1 fully saturated rings. The maximum absolute atomic E-state index is 12.4. The van der Waals surface area contributed by atoms with Crippen molar-refractivity contribution >= 4 is 23.2 Å². The third-order valence-corrected chi connectivity index (χ3v) is 5.27. The van der Waals surface area contributed by atoms with Crippen molar-refractivity contribution in [1.29, 1.82) is 0 Å². The van der Waals surface area contributed by atoms with Crippen LogP contribution in [0.1, 0.15) is 39.8 Å². The lowest BCUT2D eigenvalue weighted by Crippen LogP contribution is -2.43. The molecule has 1 aromatic heterocycles. The lowest BCUT2D eigenvalue weighted by molar-refractivity contribution is -0.135. The molecule has 1 aromatic carbocycles. The van der Waals surface area contributed by atoms with Crippen molar-refractivity contribution in [3.8, 4) is 0 Å². The number of rotatable bonds is 2. The lowest BCUT2D eigenvalue weighted by atomic mass is 9.77. The quantitative estimate of drug-likeness (QED) is 0.865. The molecule has 4 heteroatoms. The van der Waals surface area contributed by atoms with Gasteiger partial charge >= 0.3 is 0 Å². The molecule has 21 heavy (non-hydrogen) atoms. The minimum Gasteiger partial charge on any atom is -0.296 e. The second-order valence-corrected chi connectivity index (χ2v) is 6.47. The highest BCUT2D eigenvalue weighted by atomic mass is 32.1. The van der Waals surface area contributed by atoms with Gasteiger partial charge in [-0.15, -0.1) is 11.3 Å². The van der Waals surface area contributed by atoms with E-state index in [0.717, 1.165) is 21.6 Å². The van der Waals surface area contributed by atoms with Crippen LogP contribution >= 0.6 is 11.3 Å². The van der Waals surface area contributed by atoms with Crippen LogP contribution < -0.4 is 5.32 Å². The smallest absolute Gasteiger partial charge is 0.234 e. The van der Waals surface area contributed by atoms with Gasteiger partial charge in [0.15, 0.2) is 0 Å². The molecular formula is C17H17NO2S. The van der Waals surface area contributed by atoms with E-state index in [0.29, 0.717) is 6.42 Å². The SMILES string of the molecule is Cc1ccccc1C1C(=O)NC(=O)CC1c1sccc1C. The maximum Gasteiger partial charge on any atom is 0.234 e. The first-order valence-electron chi connectivity index (χ1n) is 7.01. The number of aryl methyl sites for hydroxylation is 2. The number of benzene rings is 1. The first-order valence-corrected chi connectivity index (χ1v) is 7.89. The number of piperidine rings is 1. The minimum atomic E-state index is -0.291. The van der Waals surface area contributed by atoms with Gasteiger partial charge < -0.3 is 0 Å². The molecule has 2 amide bonds. The summed E-state index contributed by atoms with van der Waals surface area (Å²) in [5.74, 6) is -0.713. The van der Waals surface area contributed by atoms with Crippen LogP contribution in [0.3, 0.4) is 0 Å². The van der Waals surface area contributed by atoms with Crippen LogP contribution in [-0.2, 0) is 9.59 Å². The Morgan fingerprint density at radius 2 is 1.86 bits per heavy atom. The van der Waals surface area contributed by atoms with Crippen molar-refractivity contribution in [2.45, 2.75) is 32.1 Å². The average Bonchev–Trinajstić information content (AvgIpc) is 2.85. The first kappa shape index (κ1) is 14.0. The molecular weight excluding hydrogens is 282 g/mol. The normalized spacial score (nSPS) is 22.2. The van der Waals surface area contributed by atoms with Gasteiger partial charge in [0.2, 0.25) is 11.8 Å². The second kappa shape index (κ2) is 5.45. The standard InChI is InChI=1S/C17H17NO2S/c1-10-5-3-4-6-12(10)15-13(9-14(19)18-17(15)20)16-11(2)7-8-21-16/h3-8,13,15H,9H2,1-2H3,(H,18,19,20). The molecule has 2 unspecified atom stereocenters. The number of amides is 2. The molecule has 0 aliphatic carbocycles. The van der Waals surface area contributed by atoms with Gasteiger partial charge in [-0.2, -0.15) is 0 Å². The number of carbonyl (C=O) groups excluding carboxylic acids is 2. The number of hydrogen-bond acceptors (Lipinski definition) is 3. The Kier molecular flexibility index (Phi) is 3.64. The topological polar surface area (TPSA) is 46.2 Å². The zero-order valence-electron chi connectivity index (χ0n) is 12.1. The fraction of sp³-hybridized carbons (Fsp3) is 0.294. The second-order valence-electron chi connectivity index (χ2n) is 5.53. The first-order chi connectivity index (χ1) is 10.1. The largest absolute Gasteiger partial charge is 0.296 e. The van der Waals surface area contributed by atoms with Gasteiger partial charge in [-0.1, -0.05) is 24.3 Å². The molecule has 2 atom stereocenters. The molecule has 0 saturated carbocycles. The zero-order valence-corrected chi connectivity index (χ0v) is 12.9. The number of nitrogens with one attached hydrogen (secondary N) is 1. The summed E-state index contributed by atoms with van der Waals surface area (Å²) in [6.45, 7) is 4.05. The summed E-state index contributed by atoms with van der Waals surface area (Å²) in [4.78, 5) is 25.4. The van der Waals surface area contributed by atoms with Crippen LogP contribution in [0.2, 0.25) is 0 Å². The monoisotopic (exact) mass is 299 g/mol. The molecule has 108 valence electrons. The number of hydrogen-bond donors (Lipinski definition) is 1. The fourth-order valence-electron chi connectivity index (χ4n) is 3.07. The number of imide groups is 1. The number of carbonyl (C=O) groups is 2. The van der Waals surface area contributed by atoms with E-state index in [2.05, 4.69) is 5.32 Å². The summed E-state index contributed by atoms with van der Waals surface area (Å²) in [5.41, 5.74) is 3.26. The zero-order chi connectivity index (χ0) is 15.0. The molecule has 1 saturated heterocycles. The third kappa shape index (κ3) is 2.51. The van der Waals surface area contributed by atoms with Gasteiger partial charge in [-0.25, -0.2) is 0 Å².